The van der Waals surface area contributed by atoms with Gasteiger partial charge in [-0.25, -0.2) is 0 Å². The van der Waals surface area contributed by atoms with Gasteiger partial charge in [-0.05, 0) is 0 Å². The van der Waals surface area contributed by atoms with Crippen LogP contribution in [0.2, 0.25) is 6.32 Å². The van der Waals surface area contributed by atoms with Gasteiger partial charge in [0, 0.05) is 0 Å². The van der Waals surface area contributed by atoms with E-state index in [0.717, 1.165) is 6.32 Å². The van der Waals surface area contributed by atoms with E-state index < -0.39 is 6.57 Å². The molecule has 0 nitrogen and oxygen atoms in total. The summed E-state index contributed by atoms with van der Waals surface area (Å²) < 4.78 is 0. The predicted molar refractivity (Wildman–Crippen MR) is 53.1 cm³/mol. The first-order valence-electron chi connectivity index (χ1n) is 2.02. The molecule has 0 rings (SSSR count). The Bertz CT molecular complexity index is 270. The Morgan fingerprint density at radius 1 is 1.38 bits per heavy atom. The van der Waals surface area contributed by atoms with Crippen LogP contribution < -0.4 is 0 Å². The third-order valence-corrected chi connectivity index (χ3v) is 8.35. The summed E-state index contributed by atoms with van der Waals surface area (Å²) >= 11 is 14.5. The molecule has 0 aliphatic carbocycles. The van der Waals surface area contributed by atoms with Crippen molar-refractivity contribution in [3.8, 4) is 0 Å². The van der Waals surface area contributed by atoms with E-state index >= 15 is 0 Å². The van der Waals surface area contributed by atoms with Crippen LogP contribution in [0.5, 0.6) is 0 Å². The van der Waals surface area contributed by atoms with Gasteiger partial charge in [0.25, 0.3) is 0 Å². The fraction of sp³-hybridized carbons (Fsp3) is 1.00. The molecule has 0 unspecified atom stereocenters. The monoisotopic (exact) mass is 200 g/mol. The average Bonchev–Trinajstić information content (AvgIpc) is 1.67. The van der Waals surface area contributed by atoms with E-state index in [9.17, 15) is 0 Å². The van der Waals surface area contributed by atoms with Gasteiger partial charge in [-0.2, -0.15) is 0 Å². The Kier molecular flexibility index (Phi) is 5.72. The molecule has 0 aromatic heterocycles. The van der Waals surface area contributed by atoms with Crippen molar-refractivity contribution in [2.24, 2.45) is 0 Å². The van der Waals surface area contributed by atoms with E-state index in [1.165, 1.54) is 0 Å². The van der Waals surface area contributed by atoms with Crippen molar-refractivity contribution in [3.05, 3.63) is 0 Å². The molecule has 0 atom stereocenters. The molecular weight excluding hydrogens is 195 g/mol. The second kappa shape index (κ2) is 4.99. The van der Waals surface area contributed by atoms with Crippen LogP contribution in [0.1, 0.15) is 6.92 Å². The minimum absolute atomic E-state index is 0.206. The van der Waals surface area contributed by atoms with Crippen LogP contribution in [0.4, 0.5) is 0 Å². The molecule has 0 aliphatic rings. The molecule has 46 valence electrons. The van der Waals surface area contributed by atoms with Crippen LogP contribution >= 0.6 is 0 Å². The summed E-state index contributed by atoms with van der Waals surface area (Å²) in [4.78, 5) is 0. The van der Waals surface area contributed by atoms with Gasteiger partial charge in [0.2, 0.25) is 0 Å². The van der Waals surface area contributed by atoms with Gasteiger partial charge < -0.3 is 0 Å². The van der Waals surface area contributed by atoms with Crippen LogP contribution in [0.25, 0.3) is 0 Å². The van der Waals surface area contributed by atoms with Gasteiger partial charge in [-0.15, -0.1) is 0 Å². The quantitative estimate of drug-likeness (QED) is 0.568. The fourth-order valence-corrected chi connectivity index (χ4v) is 2.72. The van der Waals surface area contributed by atoms with Crippen molar-refractivity contribution in [1.82, 2.24) is 0 Å². The fourth-order valence-electron chi connectivity index (χ4n) is 0.192. The van der Waals surface area contributed by atoms with Crippen molar-refractivity contribution in [3.63, 3.8) is 0 Å². The Morgan fingerprint density at radius 3 is 2.00 bits per heavy atom. The normalized spacial score (nSPS) is 7.62. The standard InChI is InChI=1S/C2H5BS5/c1-2-3-7(4)8(5)6/h2H2,1H3. The van der Waals surface area contributed by atoms with E-state index in [2.05, 4.69) is 0 Å². The van der Waals surface area contributed by atoms with Gasteiger partial charge in [-0.1, -0.05) is 0 Å². The van der Waals surface area contributed by atoms with E-state index in [1.807, 2.05) is 13.1 Å². The maximum atomic E-state index is 4.94. The van der Waals surface area contributed by atoms with E-state index in [0.29, 0.717) is 0 Å². The first kappa shape index (κ1) is 9.16. The van der Waals surface area contributed by atoms with Gasteiger partial charge >= 0.3 is 67.0 Å². The Balaban J connectivity index is 5.10. The number of rotatable bonds is 1. The van der Waals surface area contributed by atoms with Gasteiger partial charge in [-0.3, -0.25) is 0 Å². The maximum absolute atomic E-state index is 4.94. The van der Waals surface area contributed by atoms with Crippen molar-refractivity contribution < 1.29 is 0 Å². The third-order valence-electron chi connectivity index (χ3n) is 0.437. The Labute approximate surface area is 66.6 Å². The molecule has 0 aliphatic heterocycles. The van der Waals surface area contributed by atoms with Crippen molar-refractivity contribution in [2.75, 3.05) is 0 Å². The predicted octanol–water partition coefficient (Wildman–Crippen LogP) is 0.581. The Morgan fingerprint density at radius 2 is 1.88 bits per heavy atom. The molecule has 0 heterocycles. The summed E-state index contributed by atoms with van der Waals surface area (Å²) in [5.41, 5.74) is 0. The molecule has 0 amide bonds. The molecule has 8 heavy (non-hydrogen) atoms. The van der Waals surface area contributed by atoms with Gasteiger partial charge in [0.05, 0.1) is 0 Å². The second-order valence-corrected chi connectivity index (χ2v) is 9.99. The van der Waals surface area contributed by atoms with Crippen LogP contribution in [-0.4, -0.2) is 6.15 Å². The molecular formula is C2H5BS5. The van der Waals surface area contributed by atoms with Crippen molar-refractivity contribution in [1.29, 1.82) is 0 Å². The van der Waals surface area contributed by atoms with Crippen molar-refractivity contribution >= 4 is 53.7 Å². The first-order valence-corrected chi connectivity index (χ1v) is 7.82. The zero-order valence-corrected chi connectivity index (χ0v) is 8.41. The molecule has 0 saturated heterocycles. The van der Waals surface area contributed by atoms with E-state index in [1.54, 1.807) is 0 Å². The molecule has 6 heteroatoms. The molecule has 0 bridgehead atoms. The first-order chi connectivity index (χ1) is 3.68. The van der Waals surface area contributed by atoms with E-state index in [4.69, 9.17) is 33.6 Å². The average molecular weight is 200 g/mol. The van der Waals surface area contributed by atoms with Gasteiger partial charge in [0.15, 0.2) is 0 Å². The summed E-state index contributed by atoms with van der Waals surface area (Å²) in [5, 5.41) is 0. The zero-order valence-electron chi connectivity index (χ0n) is 4.33. The van der Waals surface area contributed by atoms with Crippen LogP contribution in [0.15, 0.2) is 0 Å². The SMILES string of the molecule is CCB=S(=S)=S(=S)=S. The topological polar surface area (TPSA) is 0 Å². The molecule has 0 radical (unpaired) electrons. The van der Waals surface area contributed by atoms with Crippen LogP contribution in [0, 0.1) is 0 Å². The van der Waals surface area contributed by atoms with Crippen LogP contribution in [0.3, 0.4) is 0 Å². The van der Waals surface area contributed by atoms with Crippen molar-refractivity contribution in [2.45, 2.75) is 13.2 Å². The van der Waals surface area contributed by atoms with Crippen LogP contribution in [-0.2, 0) is 47.6 Å². The summed E-state index contributed by atoms with van der Waals surface area (Å²) in [5.74, 6) is 0. The molecule has 0 fully saturated rings. The molecule has 0 N–H and O–H groups in total. The minimum atomic E-state index is -0.406. The Hall–Kier alpha value is 1.16. The molecule has 0 spiro atoms. The third kappa shape index (κ3) is 4.08. The summed E-state index contributed by atoms with van der Waals surface area (Å²) in [6.07, 6.45) is 3.00. The van der Waals surface area contributed by atoms with E-state index in [-0.39, 0.29) is 7.44 Å². The zero-order chi connectivity index (χ0) is 6.57. The number of hydrogen-bond donors (Lipinski definition) is 0. The molecule has 0 aromatic rings. The molecule has 0 saturated carbocycles. The summed E-state index contributed by atoms with van der Waals surface area (Å²) in [7, 11) is -0.206. The number of hydrogen-bond acceptors (Lipinski definition) is 3. The molecule has 0 aromatic carbocycles. The summed E-state index contributed by atoms with van der Waals surface area (Å²) in [6.45, 7) is 1.64. The second-order valence-electron chi connectivity index (χ2n) is 1.04. The summed E-state index contributed by atoms with van der Waals surface area (Å²) in [6, 6.07) is 0. The van der Waals surface area contributed by atoms with Gasteiger partial charge in [0.1, 0.15) is 0 Å².